The third-order valence-corrected chi connectivity index (χ3v) is 13.2. The fraction of sp³-hybridized carbons (Fsp3) is 1.00. The van der Waals surface area contributed by atoms with E-state index in [9.17, 15) is 40.9 Å². The molecular formula is C36H68O13S3. The van der Waals surface area contributed by atoms with Crippen LogP contribution >= 0.6 is 35.3 Å². The van der Waals surface area contributed by atoms with Gasteiger partial charge in [-0.1, -0.05) is 78.6 Å². The van der Waals surface area contributed by atoms with E-state index in [1.807, 2.05) is 0 Å². The van der Waals surface area contributed by atoms with E-state index in [1.54, 1.807) is 35.3 Å². The summed E-state index contributed by atoms with van der Waals surface area (Å²) in [6.45, 7) is 6.42. The molecule has 0 amide bonds. The molecule has 0 aromatic heterocycles. The van der Waals surface area contributed by atoms with Crippen LogP contribution in [0.15, 0.2) is 0 Å². The van der Waals surface area contributed by atoms with Gasteiger partial charge in [0.25, 0.3) is 0 Å². The summed E-state index contributed by atoms with van der Waals surface area (Å²) in [6, 6.07) is 0. The number of hydrogen-bond acceptors (Lipinski definition) is 16. The zero-order valence-corrected chi connectivity index (χ0v) is 33.7. The number of ether oxygens (including phenoxy) is 5. The topological polar surface area (TPSA) is 208 Å². The minimum atomic E-state index is -1.69. The first-order chi connectivity index (χ1) is 25.0. The van der Waals surface area contributed by atoms with Gasteiger partial charge in [-0.3, -0.25) is 0 Å². The monoisotopic (exact) mass is 804 g/mol. The quantitative estimate of drug-likeness (QED) is 0.0624. The van der Waals surface area contributed by atoms with Gasteiger partial charge in [0.2, 0.25) is 0 Å². The molecule has 52 heavy (non-hydrogen) atoms. The Morgan fingerprint density at radius 2 is 0.788 bits per heavy atom. The molecule has 3 fully saturated rings. The Kier molecular flexibility index (Phi) is 23.2. The van der Waals surface area contributed by atoms with Crippen molar-refractivity contribution >= 4 is 35.3 Å². The van der Waals surface area contributed by atoms with Crippen molar-refractivity contribution in [2.24, 2.45) is 0 Å². The molecule has 3 heterocycles. The Balaban J connectivity index is 1.72. The third-order valence-electron chi connectivity index (χ3n) is 9.82. The smallest absolute Gasteiger partial charge is 0.187 e. The van der Waals surface area contributed by atoms with Gasteiger partial charge in [0.05, 0.1) is 18.3 Å². The Labute approximate surface area is 323 Å². The van der Waals surface area contributed by atoms with Crippen LogP contribution in [0.2, 0.25) is 0 Å². The molecule has 0 spiro atoms. The summed E-state index contributed by atoms with van der Waals surface area (Å²) in [4.78, 5) is 0. The van der Waals surface area contributed by atoms with Crippen molar-refractivity contribution in [2.45, 2.75) is 190 Å². The van der Waals surface area contributed by atoms with E-state index in [-0.39, 0.29) is 0 Å². The number of aliphatic hydroxyl groups is 8. The lowest BCUT2D eigenvalue weighted by Crippen LogP contribution is -2.66. The molecule has 3 saturated heterocycles. The number of unbranched alkanes of at least 4 members (excludes halogenated alkanes) is 9. The van der Waals surface area contributed by atoms with E-state index in [4.69, 9.17) is 23.7 Å². The third kappa shape index (κ3) is 14.5. The molecule has 0 aromatic rings. The molecule has 8 N–H and O–H groups in total. The maximum Gasteiger partial charge on any atom is 0.187 e. The first kappa shape index (κ1) is 46.9. The van der Waals surface area contributed by atoms with Crippen molar-refractivity contribution in [3.63, 3.8) is 0 Å². The van der Waals surface area contributed by atoms with Gasteiger partial charge in [0.1, 0.15) is 54.9 Å². The Hall–Kier alpha value is 0.530. The van der Waals surface area contributed by atoms with E-state index < -0.39 is 92.1 Å². The van der Waals surface area contributed by atoms with Crippen LogP contribution in [0.4, 0.5) is 0 Å². The molecule has 0 bridgehead atoms. The van der Waals surface area contributed by atoms with Crippen molar-refractivity contribution in [1.82, 2.24) is 0 Å². The molecule has 0 aliphatic carbocycles. The number of rotatable bonds is 25. The van der Waals surface area contributed by atoms with Crippen LogP contribution < -0.4 is 0 Å². The molecule has 308 valence electrons. The summed E-state index contributed by atoms with van der Waals surface area (Å²) in [5, 5.41) is 86.9. The van der Waals surface area contributed by atoms with E-state index in [0.717, 1.165) is 94.3 Å². The van der Waals surface area contributed by atoms with Gasteiger partial charge in [-0.15, -0.1) is 0 Å². The minimum Gasteiger partial charge on any atom is -0.388 e. The molecular weight excluding hydrogens is 737 g/mol. The zero-order chi connectivity index (χ0) is 38.0. The normalized spacial score (nSPS) is 38.5. The minimum absolute atomic E-state index is 0.313. The highest BCUT2D eigenvalue weighted by molar-refractivity contribution is 7.99. The summed E-state index contributed by atoms with van der Waals surface area (Å²) in [5.41, 5.74) is 0. The van der Waals surface area contributed by atoms with Crippen LogP contribution in [0.1, 0.15) is 97.8 Å². The molecule has 15 atom stereocenters. The highest BCUT2D eigenvalue weighted by Gasteiger charge is 2.53. The van der Waals surface area contributed by atoms with Crippen molar-refractivity contribution < 1.29 is 64.5 Å². The Bertz CT molecular complexity index is 931. The zero-order valence-electron chi connectivity index (χ0n) is 31.2. The first-order valence-corrected chi connectivity index (χ1v) is 23.0. The second-order valence-electron chi connectivity index (χ2n) is 14.2. The predicted molar refractivity (Wildman–Crippen MR) is 204 cm³/mol. The first-order valence-electron chi connectivity index (χ1n) is 19.5. The van der Waals surface area contributed by atoms with E-state index >= 15 is 0 Å². The molecule has 0 saturated carbocycles. The van der Waals surface area contributed by atoms with Crippen molar-refractivity contribution in [2.75, 3.05) is 34.5 Å². The maximum atomic E-state index is 11.5. The highest BCUT2D eigenvalue weighted by Crippen LogP contribution is 2.34. The number of aliphatic hydroxyl groups excluding tert-OH is 8. The van der Waals surface area contributed by atoms with Gasteiger partial charge in [-0.05, 0) is 36.5 Å². The molecule has 0 radical (unpaired) electrons. The summed E-state index contributed by atoms with van der Waals surface area (Å²) in [6.07, 6.45) is -7.67. The second-order valence-corrected chi connectivity index (χ2v) is 17.6. The highest BCUT2D eigenvalue weighted by atomic mass is 32.2. The Morgan fingerprint density at radius 1 is 0.404 bits per heavy atom. The van der Waals surface area contributed by atoms with Crippen LogP contribution in [-0.2, 0) is 23.7 Å². The molecule has 13 nitrogen and oxygen atoms in total. The molecule has 3 aliphatic rings. The molecule has 3 rings (SSSR count). The molecule has 3 aliphatic heterocycles. The van der Waals surface area contributed by atoms with Crippen molar-refractivity contribution in [1.29, 1.82) is 0 Å². The van der Waals surface area contributed by atoms with Gasteiger partial charge in [-0.2, -0.15) is 35.3 Å². The van der Waals surface area contributed by atoms with Gasteiger partial charge in [-0.25, -0.2) is 0 Å². The van der Waals surface area contributed by atoms with Crippen LogP contribution in [0, 0.1) is 0 Å². The second kappa shape index (κ2) is 25.7. The fourth-order valence-electron chi connectivity index (χ4n) is 6.51. The van der Waals surface area contributed by atoms with E-state index in [2.05, 4.69) is 20.8 Å². The average Bonchev–Trinajstić information content (AvgIpc) is 3.13. The molecule has 16 heteroatoms. The number of thioether (sulfide) groups is 3. The lowest BCUT2D eigenvalue weighted by atomic mass is 9.96. The average molecular weight is 805 g/mol. The molecule has 1 unspecified atom stereocenters. The van der Waals surface area contributed by atoms with Gasteiger partial charge < -0.3 is 64.5 Å². The summed E-state index contributed by atoms with van der Waals surface area (Å²) >= 11 is 4.72. The van der Waals surface area contributed by atoms with Crippen LogP contribution in [0.5, 0.6) is 0 Å². The largest absolute Gasteiger partial charge is 0.388 e. The van der Waals surface area contributed by atoms with Crippen molar-refractivity contribution in [3.05, 3.63) is 0 Å². The van der Waals surface area contributed by atoms with Crippen LogP contribution in [0.25, 0.3) is 0 Å². The maximum absolute atomic E-state index is 11.5. The number of hydrogen-bond donors (Lipinski definition) is 8. The van der Waals surface area contributed by atoms with E-state index in [1.165, 1.54) is 0 Å². The van der Waals surface area contributed by atoms with Crippen molar-refractivity contribution in [3.8, 4) is 0 Å². The lowest BCUT2D eigenvalue weighted by molar-refractivity contribution is -0.369. The SMILES string of the molecule is CCCCCCSC[C@H]1O[C@H](O[C@H]2[C@H](O)[C@@H](O)[C@@H](O[C@H]3[C@H](O)[C@@H](O)C(O)O[C@@H]3CSCCCCCC)O[C@@H]2CSCCCCCC)[C@H](O)[C@@H](O)[C@@H]1O. The summed E-state index contributed by atoms with van der Waals surface area (Å²) < 4.78 is 30.1. The predicted octanol–water partition coefficient (Wildman–Crippen LogP) is 2.39. The summed E-state index contributed by atoms with van der Waals surface area (Å²) in [7, 11) is 0. The van der Waals surface area contributed by atoms with Gasteiger partial charge >= 0.3 is 0 Å². The van der Waals surface area contributed by atoms with Crippen LogP contribution in [0.3, 0.4) is 0 Å². The standard InChI is InChI=1S/C36H68O13S3/c1-4-7-10-13-16-50-19-22-25(37)26(38)30(42)35(46-22)49-33-24(21-52-18-15-12-9-6-3)47-36(31(43)28(33)40)48-32-23(20-51-17-14-11-8-5-2)45-34(44)29(41)27(32)39/h22-44H,4-21H2,1-3H3/t22-,23-,24-,25-,26+,27-,28-,29-,30-,31-,32-,33-,34?,35-,36-/m1/s1. The lowest BCUT2D eigenvalue weighted by Gasteiger charge is -2.48. The van der Waals surface area contributed by atoms with E-state index in [0.29, 0.717) is 17.3 Å². The van der Waals surface area contributed by atoms with Gasteiger partial charge in [0, 0.05) is 17.3 Å². The van der Waals surface area contributed by atoms with Crippen LogP contribution in [-0.4, -0.2) is 167 Å². The Morgan fingerprint density at radius 3 is 1.25 bits per heavy atom. The fourth-order valence-corrected chi connectivity index (χ4v) is 9.74. The van der Waals surface area contributed by atoms with Gasteiger partial charge in [0.15, 0.2) is 18.9 Å². The summed E-state index contributed by atoms with van der Waals surface area (Å²) in [5.74, 6) is 3.51. The molecule has 0 aromatic carbocycles.